The first kappa shape index (κ1) is 11.1. The highest BCUT2D eigenvalue weighted by Crippen LogP contribution is 2.48. The lowest BCUT2D eigenvalue weighted by atomic mass is 9.98. The van der Waals surface area contributed by atoms with Crippen LogP contribution in [0.15, 0.2) is 18.5 Å². The van der Waals surface area contributed by atoms with Gasteiger partial charge >= 0.3 is 0 Å². The number of nitrogens with zero attached hydrogens (tertiary/aromatic N) is 1. The minimum absolute atomic E-state index is 0.245. The molecule has 0 atom stereocenters. The van der Waals surface area contributed by atoms with Gasteiger partial charge in [-0.2, -0.15) is 0 Å². The second-order valence-electron chi connectivity index (χ2n) is 5.48. The molecule has 0 spiro atoms. The molecule has 92 valence electrons. The summed E-state index contributed by atoms with van der Waals surface area (Å²) in [5.74, 6) is 2.57. The van der Waals surface area contributed by atoms with Crippen molar-refractivity contribution < 1.29 is 4.39 Å². The molecular weight excluding hydrogens is 215 g/mol. The van der Waals surface area contributed by atoms with Crippen molar-refractivity contribution in [3.63, 3.8) is 0 Å². The molecule has 1 N–H and O–H groups in total. The fourth-order valence-electron chi connectivity index (χ4n) is 2.70. The van der Waals surface area contributed by atoms with Gasteiger partial charge in [0.15, 0.2) is 0 Å². The van der Waals surface area contributed by atoms with Gasteiger partial charge in [-0.1, -0.05) is 0 Å². The van der Waals surface area contributed by atoms with Gasteiger partial charge in [0, 0.05) is 12.7 Å². The molecule has 0 unspecified atom stereocenters. The zero-order valence-corrected chi connectivity index (χ0v) is 10.0. The molecule has 0 amide bonds. The zero-order chi connectivity index (χ0) is 11.7. The Balaban J connectivity index is 1.47. The summed E-state index contributed by atoms with van der Waals surface area (Å²) in [6.45, 7) is 1.83. The number of hydrogen-bond acceptors (Lipinski definition) is 2. The number of halogens is 1. The molecule has 0 radical (unpaired) electrons. The second kappa shape index (κ2) is 4.73. The molecule has 0 aromatic carbocycles. The van der Waals surface area contributed by atoms with Crippen LogP contribution >= 0.6 is 0 Å². The van der Waals surface area contributed by atoms with E-state index >= 15 is 0 Å². The maximum absolute atomic E-state index is 12.9. The van der Waals surface area contributed by atoms with Gasteiger partial charge in [0.1, 0.15) is 5.82 Å². The van der Waals surface area contributed by atoms with Gasteiger partial charge in [0.2, 0.25) is 0 Å². The minimum Gasteiger partial charge on any atom is -0.312 e. The third kappa shape index (κ3) is 3.03. The summed E-state index contributed by atoms with van der Waals surface area (Å²) in [6, 6.07) is 1.56. The first-order valence-electron chi connectivity index (χ1n) is 6.63. The Labute approximate surface area is 102 Å². The molecule has 17 heavy (non-hydrogen) atoms. The van der Waals surface area contributed by atoms with Gasteiger partial charge in [-0.3, -0.25) is 4.98 Å². The summed E-state index contributed by atoms with van der Waals surface area (Å²) < 4.78 is 12.9. The van der Waals surface area contributed by atoms with Crippen molar-refractivity contribution in [2.45, 2.75) is 32.2 Å². The summed E-state index contributed by atoms with van der Waals surface area (Å²) >= 11 is 0. The second-order valence-corrected chi connectivity index (χ2v) is 5.48. The van der Waals surface area contributed by atoms with Gasteiger partial charge in [0.05, 0.1) is 6.20 Å². The molecule has 2 fully saturated rings. The van der Waals surface area contributed by atoms with Gasteiger partial charge < -0.3 is 5.32 Å². The van der Waals surface area contributed by atoms with E-state index in [4.69, 9.17) is 0 Å². The SMILES string of the molecule is Fc1cncc(CNCC(C2CC2)C2CC2)c1. The van der Waals surface area contributed by atoms with Crippen molar-refractivity contribution in [1.29, 1.82) is 0 Å². The molecule has 2 aliphatic carbocycles. The van der Waals surface area contributed by atoms with E-state index in [-0.39, 0.29) is 5.82 Å². The van der Waals surface area contributed by atoms with Crippen molar-refractivity contribution in [2.75, 3.05) is 6.54 Å². The largest absolute Gasteiger partial charge is 0.312 e. The highest BCUT2D eigenvalue weighted by Gasteiger charge is 2.40. The van der Waals surface area contributed by atoms with Crippen LogP contribution in [0.4, 0.5) is 4.39 Å². The molecule has 3 heteroatoms. The van der Waals surface area contributed by atoms with Crippen molar-refractivity contribution in [1.82, 2.24) is 10.3 Å². The molecule has 0 bridgehead atoms. The fraction of sp³-hybridized carbons (Fsp3) is 0.643. The first-order valence-corrected chi connectivity index (χ1v) is 6.63. The maximum atomic E-state index is 12.9. The number of nitrogens with one attached hydrogen (secondary N) is 1. The quantitative estimate of drug-likeness (QED) is 0.818. The van der Waals surface area contributed by atoms with E-state index in [1.54, 1.807) is 12.3 Å². The van der Waals surface area contributed by atoms with Crippen molar-refractivity contribution in [3.8, 4) is 0 Å². The van der Waals surface area contributed by atoms with Gasteiger partial charge in [-0.05, 0) is 61.6 Å². The maximum Gasteiger partial charge on any atom is 0.141 e. The van der Waals surface area contributed by atoms with Crippen LogP contribution in [0.3, 0.4) is 0 Å². The lowest BCUT2D eigenvalue weighted by Crippen LogP contribution is -2.25. The van der Waals surface area contributed by atoms with Crippen molar-refractivity contribution in [2.24, 2.45) is 17.8 Å². The van der Waals surface area contributed by atoms with E-state index in [9.17, 15) is 4.39 Å². The highest BCUT2D eigenvalue weighted by molar-refractivity contribution is 5.09. The average Bonchev–Trinajstić information content (AvgIpc) is 3.15. The summed E-state index contributed by atoms with van der Waals surface area (Å²) in [6.07, 6.45) is 8.67. The predicted molar refractivity (Wildman–Crippen MR) is 64.8 cm³/mol. The number of rotatable bonds is 6. The van der Waals surface area contributed by atoms with E-state index in [2.05, 4.69) is 10.3 Å². The Morgan fingerprint density at radius 2 is 1.94 bits per heavy atom. The number of pyridine rings is 1. The van der Waals surface area contributed by atoms with E-state index in [1.165, 1.54) is 31.9 Å². The van der Waals surface area contributed by atoms with E-state index in [0.29, 0.717) is 0 Å². The number of hydrogen-bond donors (Lipinski definition) is 1. The van der Waals surface area contributed by atoms with Gasteiger partial charge in [0.25, 0.3) is 0 Å². The fourth-order valence-corrected chi connectivity index (χ4v) is 2.70. The molecular formula is C14H19FN2. The molecule has 2 aliphatic rings. The lowest BCUT2D eigenvalue weighted by Gasteiger charge is -2.16. The van der Waals surface area contributed by atoms with Gasteiger partial charge in [-0.15, -0.1) is 0 Å². The van der Waals surface area contributed by atoms with Crippen LogP contribution in [0.2, 0.25) is 0 Å². The first-order chi connectivity index (χ1) is 8.33. The lowest BCUT2D eigenvalue weighted by molar-refractivity contribution is 0.378. The smallest absolute Gasteiger partial charge is 0.141 e. The molecule has 2 nitrogen and oxygen atoms in total. The molecule has 0 saturated heterocycles. The van der Waals surface area contributed by atoms with Gasteiger partial charge in [-0.25, -0.2) is 4.39 Å². The summed E-state index contributed by atoms with van der Waals surface area (Å²) in [7, 11) is 0. The zero-order valence-electron chi connectivity index (χ0n) is 10.0. The number of aromatic nitrogens is 1. The molecule has 2 saturated carbocycles. The third-order valence-electron chi connectivity index (χ3n) is 3.93. The van der Waals surface area contributed by atoms with Crippen LogP contribution < -0.4 is 5.32 Å². The summed E-state index contributed by atoms with van der Waals surface area (Å²) in [5.41, 5.74) is 0.940. The molecule has 1 aromatic heterocycles. The van der Waals surface area contributed by atoms with E-state index < -0.39 is 0 Å². The van der Waals surface area contributed by atoms with Crippen LogP contribution in [-0.4, -0.2) is 11.5 Å². The minimum atomic E-state index is -0.245. The normalized spacial score (nSPS) is 19.9. The van der Waals surface area contributed by atoms with Crippen molar-refractivity contribution >= 4 is 0 Å². The summed E-state index contributed by atoms with van der Waals surface area (Å²) in [5, 5.41) is 3.46. The molecule has 1 heterocycles. The standard InChI is InChI=1S/C14H19FN2/c15-13-5-10(6-16-8-13)7-17-9-14(11-1-2-11)12-3-4-12/h5-6,8,11-12,14,17H,1-4,7,9H2. The molecule has 3 rings (SSSR count). The van der Waals surface area contributed by atoms with Crippen LogP contribution in [0, 0.1) is 23.6 Å². The highest BCUT2D eigenvalue weighted by atomic mass is 19.1. The Morgan fingerprint density at radius 1 is 1.24 bits per heavy atom. The molecule has 0 aliphatic heterocycles. The van der Waals surface area contributed by atoms with Crippen molar-refractivity contribution in [3.05, 3.63) is 29.8 Å². The Bertz CT molecular complexity index is 374. The Morgan fingerprint density at radius 3 is 2.53 bits per heavy atom. The van der Waals surface area contributed by atoms with Crippen LogP contribution in [-0.2, 0) is 6.54 Å². The predicted octanol–water partition coefficient (Wildman–Crippen LogP) is 2.75. The van der Waals surface area contributed by atoms with E-state index in [0.717, 1.165) is 36.4 Å². The van der Waals surface area contributed by atoms with Crippen LogP contribution in [0.25, 0.3) is 0 Å². The van der Waals surface area contributed by atoms with Crippen LogP contribution in [0.5, 0.6) is 0 Å². The topological polar surface area (TPSA) is 24.9 Å². The summed E-state index contributed by atoms with van der Waals surface area (Å²) in [4.78, 5) is 3.86. The third-order valence-corrected chi connectivity index (χ3v) is 3.93. The van der Waals surface area contributed by atoms with Crippen LogP contribution in [0.1, 0.15) is 31.2 Å². The van der Waals surface area contributed by atoms with E-state index in [1.807, 2.05) is 0 Å². The average molecular weight is 234 g/mol. The monoisotopic (exact) mass is 234 g/mol. The Kier molecular flexibility index (Phi) is 3.10. The molecule has 1 aromatic rings. The Hall–Kier alpha value is -0.960.